The molecular formula is C10H14O3. The highest BCUT2D eigenvalue weighted by Gasteiger charge is 2.37. The molecule has 0 unspecified atom stereocenters. The Balaban J connectivity index is 2.78. The summed E-state index contributed by atoms with van der Waals surface area (Å²) in [5.74, 6) is -0.867. The molecule has 1 aliphatic carbocycles. The van der Waals surface area contributed by atoms with Crippen LogP contribution in [0.5, 0.6) is 0 Å². The number of carbonyl (C=O) groups is 2. The summed E-state index contributed by atoms with van der Waals surface area (Å²) >= 11 is 0. The maximum atomic E-state index is 11.1. The number of carbonyl (C=O) groups excluding carboxylic acids is 1. The van der Waals surface area contributed by atoms with Crippen LogP contribution in [0.15, 0.2) is 12.2 Å². The van der Waals surface area contributed by atoms with E-state index in [0.717, 1.165) is 0 Å². The number of aliphatic carboxylic acids is 1. The van der Waals surface area contributed by atoms with E-state index in [-0.39, 0.29) is 11.7 Å². The summed E-state index contributed by atoms with van der Waals surface area (Å²) in [6.07, 6.45) is 4.34. The molecule has 0 radical (unpaired) electrons. The van der Waals surface area contributed by atoms with E-state index < -0.39 is 11.4 Å². The van der Waals surface area contributed by atoms with Crippen molar-refractivity contribution in [1.29, 1.82) is 0 Å². The van der Waals surface area contributed by atoms with Crippen molar-refractivity contribution in [2.45, 2.75) is 26.7 Å². The first kappa shape index (κ1) is 9.96. The molecule has 0 aromatic carbocycles. The third-order valence-corrected chi connectivity index (χ3v) is 2.74. The minimum Gasteiger partial charge on any atom is -0.481 e. The maximum absolute atomic E-state index is 11.1. The fraction of sp³-hybridized carbons (Fsp3) is 0.600. The molecule has 0 fully saturated rings. The Labute approximate surface area is 77.4 Å². The molecule has 3 nitrogen and oxygen atoms in total. The maximum Gasteiger partial charge on any atom is 0.309 e. The molecule has 0 saturated heterocycles. The average molecular weight is 182 g/mol. The van der Waals surface area contributed by atoms with E-state index in [0.29, 0.717) is 12.8 Å². The lowest BCUT2D eigenvalue weighted by molar-refractivity contribution is -0.150. The zero-order valence-electron chi connectivity index (χ0n) is 7.91. The highest BCUT2D eigenvalue weighted by Crippen LogP contribution is 2.34. The minimum atomic E-state index is -0.833. The Hall–Kier alpha value is -1.12. The van der Waals surface area contributed by atoms with E-state index in [2.05, 4.69) is 0 Å². The van der Waals surface area contributed by atoms with Gasteiger partial charge in [-0.15, -0.1) is 0 Å². The van der Waals surface area contributed by atoms with Crippen LogP contribution < -0.4 is 0 Å². The lowest BCUT2D eigenvalue weighted by Crippen LogP contribution is -2.34. The van der Waals surface area contributed by atoms with Crippen molar-refractivity contribution < 1.29 is 14.7 Å². The van der Waals surface area contributed by atoms with Crippen LogP contribution in [-0.2, 0) is 9.59 Å². The summed E-state index contributed by atoms with van der Waals surface area (Å²) < 4.78 is 0. The molecule has 1 N–H and O–H groups in total. The quantitative estimate of drug-likeness (QED) is 0.706. The van der Waals surface area contributed by atoms with Crippen LogP contribution in [0, 0.1) is 11.3 Å². The van der Waals surface area contributed by atoms with E-state index in [9.17, 15) is 9.59 Å². The fourth-order valence-electron chi connectivity index (χ4n) is 1.48. The van der Waals surface area contributed by atoms with E-state index >= 15 is 0 Å². The minimum absolute atomic E-state index is 0.0329. The summed E-state index contributed by atoms with van der Waals surface area (Å²) in [5.41, 5.74) is -0.805. The van der Waals surface area contributed by atoms with Gasteiger partial charge in [0.15, 0.2) is 5.78 Å². The first-order chi connectivity index (χ1) is 5.94. The van der Waals surface area contributed by atoms with Crippen molar-refractivity contribution in [3.63, 3.8) is 0 Å². The first-order valence-corrected chi connectivity index (χ1v) is 4.37. The number of allylic oxidation sites excluding steroid dienone is 2. The molecule has 1 rings (SSSR count). The van der Waals surface area contributed by atoms with Gasteiger partial charge in [-0.25, -0.2) is 0 Å². The van der Waals surface area contributed by atoms with Gasteiger partial charge in [0.1, 0.15) is 0 Å². The van der Waals surface area contributed by atoms with Crippen molar-refractivity contribution in [3.05, 3.63) is 12.2 Å². The molecule has 0 aliphatic heterocycles. The lowest BCUT2D eigenvalue weighted by atomic mass is 9.73. The second-order valence-corrected chi connectivity index (χ2v) is 4.03. The Bertz CT molecular complexity index is 263. The third-order valence-electron chi connectivity index (χ3n) is 2.74. The molecule has 0 spiro atoms. The van der Waals surface area contributed by atoms with Crippen LogP contribution in [0.4, 0.5) is 0 Å². The lowest BCUT2D eigenvalue weighted by Gasteiger charge is -2.30. The van der Waals surface area contributed by atoms with Gasteiger partial charge < -0.3 is 5.11 Å². The largest absolute Gasteiger partial charge is 0.481 e. The number of carboxylic acids is 1. The van der Waals surface area contributed by atoms with Crippen LogP contribution in [0.1, 0.15) is 26.7 Å². The highest BCUT2D eigenvalue weighted by molar-refractivity contribution is 5.91. The smallest absolute Gasteiger partial charge is 0.309 e. The van der Waals surface area contributed by atoms with Crippen LogP contribution in [0.3, 0.4) is 0 Å². The summed E-state index contributed by atoms with van der Waals surface area (Å²) in [6, 6.07) is 0. The third kappa shape index (κ3) is 1.97. The van der Waals surface area contributed by atoms with Gasteiger partial charge in [-0.3, -0.25) is 9.59 Å². The predicted octanol–water partition coefficient (Wildman–Crippen LogP) is 1.63. The van der Waals surface area contributed by atoms with E-state index in [1.807, 2.05) is 0 Å². The van der Waals surface area contributed by atoms with Gasteiger partial charge in [-0.1, -0.05) is 6.08 Å². The van der Waals surface area contributed by atoms with Crippen molar-refractivity contribution in [1.82, 2.24) is 0 Å². The Morgan fingerprint density at radius 1 is 1.62 bits per heavy atom. The fourth-order valence-corrected chi connectivity index (χ4v) is 1.48. The molecule has 1 aliphatic rings. The highest BCUT2D eigenvalue weighted by atomic mass is 16.4. The SMILES string of the molecule is CC(C)(C(=O)O)[C@@H]1CC=CC(=O)C1. The summed E-state index contributed by atoms with van der Waals surface area (Å²) in [5, 5.41) is 8.94. The summed E-state index contributed by atoms with van der Waals surface area (Å²) in [6.45, 7) is 3.35. The van der Waals surface area contributed by atoms with Gasteiger partial charge >= 0.3 is 5.97 Å². The van der Waals surface area contributed by atoms with Gasteiger partial charge in [0.05, 0.1) is 5.41 Å². The van der Waals surface area contributed by atoms with Crippen LogP contribution in [0.25, 0.3) is 0 Å². The van der Waals surface area contributed by atoms with Gasteiger partial charge in [0, 0.05) is 6.42 Å². The van der Waals surface area contributed by atoms with E-state index in [1.165, 1.54) is 6.08 Å². The zero-order chi connectivity index (χ0) is 10.1. The average Bonchev–Trinajstić information content (AvgIpc) is 2.04. The molecule has 0 bridgehead atoms. The first-order valence-electron chi connectivity index (χ1n) is 4.37. The van der Waals surface area contributed by atoms with Gasteiger partial charge in [0.25, 0.3) is 0 Å². The number of hydrogen-bond donors (Lipinski definition) is 1. The number of carboxylic acid groups (broad SMARTS) is 1. The summed E-state index contributed by atoms with van der Waals surface area (Å²) in [7, 11) is 0. The second kappa shape index (κ2) is 3.32. The van der Waals surface area contributed by atoms with Crippen LogP contribution in [-0.4, -0.2) is 16.9 Å². The molecule has 0 heterocycles. The van der Waals surface area contributed by atoms with Crippen LogP contribution in [0.2, 0.25) is 0 Å². The van der Waals surface area contributed by atoms with E-state index in [4.69, 9.17) is 5.11 Å². The second-order valence-electron chi connectivity index (χ2n) is 4.03. The molecule has 72 valence electrons. The normalized spacial score (nSPS) is 23.2. The van der Waals surface area contributed by atoms with Crippen molar-refractivity contribution in [2.75, 3.05) is 0 Å². The molecule has 13 heavy (non-hydrogen) atoms. The van der Waals surface area contributed by atoms with E-state index in [1.54, 1.807) is 19.9 Å². The number of hydrogen-bond acceptors (Lipinski definition) is 2. The summed E-state index contributed by atoms with van der Waals surface area (Å²) in [4.78, 5) is 22.0. The molecule has 3 heteroatoms. The standard InChI is InChI=1S/C10H14O3/c1-10(2,9(12)13)7-4-3-5-8(11)6-7/h3,5,7H,4,6H2,1-2H3,(H,12,13)/t7-/m1/s1. The topological polar surface area (TPSA) is 54.4 Å². The predicted molar refractivity (Wildman–Crippen MR) is 48.3 cm³/mol. The molecular weight excluding hydrogens is 168 g/mol. The van der Waals surface area contributed by atoms with Crippen molar-refractivity contribution in [3.8, 4) is 0 Å². The Kier molecular flexibility index (Phi) is 2.55. The number of ketones is 1. The van der Waals surface area contributed by atoms with Gasteiger partial charge in [-0.05, 0) is 32.3 Å². The Morgan fingerprint density at radius 2 is 2.23 bits per heavy atom. The van der Waals surface area contributed by atoms with Crippen molar-refractivity contribution >= 4 is 11.8 Å². The molecule has 0 amide bonds. The monoisotopic (exact) mass is 182 g/mol. The Morgan fingerprint density at radius 3 is 2.69 bits per heavy atom. The van der Waals surface area contributed by atoms with Gasteiger partial charge in [-0.2, -0.15) is 0 Å². The molecule has 1 atom stereocenters. The van der Waals surface area contributed by atoms with Gasteiger partial charge in [0.2, 0.25) is 0 Å². The molecule has 0 aromatic rings. The molecule has 0 saturated carbocycles. The van der Waals surface area contributed by atoms with Crippen LogP contribution >= 0.6 is 0 Å². The zero-order valence-corrected chi connectivity index (χ0v) is 7.91. The van der Waals surface area contributed by atoms with Crippen molar-refractivity contribution in [2.24, 2.45) is 11.3 Å². The number of rotatable bonds is 2. The molecule has 0 aromatic heterocycles.